The summed E-state index contributed by atoms with van der Waals surface area (Å²) in [4.78, 5) is 15.9. The first-order chi connectivity index (χ1) is 9.17. The second kappa shape index (κ2) is 8.69. The lowest BCUT2D eigenvalue weighted by Crippen LogP contribution is -2.33. The molecule has 0 aliphatic rings. The van der Waals surface area contributed by atoms with Crippen molar-refractivity contribution in [3.05, 3.63) is 18.7 Å². The molecule has 5 nitrogen and oxygen atoms in total. The number of hydrogen-bond acceptors (Lipinski definition) is 3. The van der Waals surface area contributed by atoms with E-state index in [1.807, 2.05) is 17.7 Å². The molecule has 19 heavy (non-hydrogen) atoms. The highest BCUT2D eigenvalue weighted by molar-refractivity contribution is 5.76. The van der Waals surface area contributed by atoms with Crippen LogP contribution in [-0.2, 0) is 4.79 Å². The summed E-state index contributed by atoms with van der Waals surface area (Å²) in [5.41, 5.74) is 0. The Morgan fingerprint density at radius 3 is 2.68 bits per heavy atom. The minimum Gasteiger partial charge on any atom is -0.391 e. The van der Waals surface area contributed by atoms with Crippen molar-refractivity contribution in [3.8, 4) is 0 Å². The maximum absolute atomic E-state index is 11.9. The highest BCUT2D eigenvalue weighted by atomic mass is 16.3. The van der Waals surface area contributed by atoms with Crippen molar-refractivity contribution in [3.63, 3.8) is 0 Å². The van der Waals surface area contributed by atoms with Crippen LogP contribution >= 0.6 is 0 Å². The minimum atomic E-state index is -0.438. The lowest BCUT2D eigenvalue weighted by molar-refractivity contribution is -0.122. The summed E-state index contributed by atoms with van der Waals surface area (Å²) in [5.74, 6) is -0.0118. The maximum atomic E-state index is 11.9. The van der Waals surface area contributed by atoms with Gasteiger partial charge in [-0.05, 0) is 12.8 Å². The van der Waals surface area contributed by atoms with Crippen molar-refractivity contribution in [2.24, 2.45) is 0 Å². The zero-order valence-electron chi connectivity index (χ0n) is 11.9. The summed E-state index contributed by atoms with van der Waals surface area (Å²) >= 11 is 0. The first kappa shape index (κ1) is 15.7. The third-order valence-corrected chi connectivity index (χ3v) is 3.15. The molecule has 1 amide bonds. The topological polar surface area (TPSA) is 67.2 Å². The van der Waals surface area contributed by atoms with Crippen LogP contribution in [0.1, 0.15) is 52.0 Å². The fourth-order valence-corrected chi connectivity index (χ4v) is 2.13. The number of carbonyl (C=O) groups is 1. The smallest absolute Gasteiger partial charge is 0.222 e. The first-order valence-corrected chi connectivity index (χ1v) is 7.09. The zero-order chi connectivity index (χ0) is 14.1. The van der Waals surface area contributed by atoms with Crippen LogP contribution < -0.4 is 5.32 Å². The molecule has 0 aromatic carbocycles. The molecule has 0 saturated heterocycles. The van der Waals surface area contributed by atoms with Crippen molar-refractivity contribution in [2.75, 3.05) is 6.54 Å². The molecule has 0 bridgehead atoms. The largest absolute Gasteiger partial charge is 0.391 e. The van der Waals surface area contributed by atoms with Gasteiger partial charge in [0, 0.05) is 31.4 Å². The predicted octanol–water partition coefficient (Wildman–Crippen LogP) is 1.89. The van der Waals surface area contributed by atoms with Crippen LogP contribution in [-0.4, -0.2) is 33.2 Å². The number of nitrogens with one attached hydrogen (secondary N) is 1. The molecule has 1 aromatic heterocycles. The van der Waals surface area contributed by atoms with E-state index in [4.69, 9.17) is 0 Å². The summed E-state index contributed by atoms with van der Waals surface area (Å²) in [6, 6.07) is 0.149. The number of hydrogen-bond donors (Lipinski definition) is 2. The molecule has 0 fully saturated rings. The fourth-order valence-electron chi connectivity index (χ4n) is 2.13. The summed E-state index contributed by atoms with van der Waals surface area (Å²) < 4.78 is 1.98. The Kier molecular flexibility index (Phi) is 7.18. The molecular formula is C14H25N3O2. The Labute approximate surface area is 115 Å². The number of nitrogens with zero attached hydrogens (tertiary/aromatic N) is 2. The van der Waals surface area contributed by atoms with E-state index in [1.165, 1.54) is 0 Å². The van der Waals surface area contributed by atoms with E-state index in [9.17, 15) is 9.90 Å². The van der Waals surface area contributed by atoms with Crippen molar-refractivity contribution < 1.29 is 9.90 Å². The van der Waals surface area contributed by atoms with Crippen molar-refractivity contribution >= 4 is 5.91 Å². The van der Waals surface area contributed by atoms with Gasteiger partial charge in [-0.1, -0.05) is 26.7 Å². The van der Waals surface area contributed by atoms with E-state index < -0.39 is 6.10 Å². The molecule has 1 rings (SSSR count). The Balaban J connectivity index is 2.39. The van der Waals surface area contributed by atoms with Gasteiger partial charge in [-0.3, -0.25) is 4.79 Å². The van der Waals surface area contributed by atoms with Gasteiger partial charge in [-0.2, -0.15) is 0 Å². The summed E-state index contributed by atoms with van der Waals surface area (Å²) in [5, 5.41) is 12.4. The van der Waals surface area contributed by atoms with Gasteiger partial charge in [-0.15, -0.1) is 0 Å². The Bertz CT molecular complexity index is 352. The first-order valence-electron chi connectivity index (χ1n) is 7.09. The normalized spacial score (nSPS) is 14.1. The van der Waals surface area contributed by atoms with E-state index in [0.717, 1.165) is 25.7 Å². The van der Waals surface area contributed by atoms with Crippen molar-refractivity contribution in [1.82, 2.24) is 14.9 Å². The van der Waals surface area contributed by atoms with Gasteiger partial charge in [0.25, 0.3) is 0 Å². The van der Waals surface area contributed by atoms with Crippen LogP contribution in [0.3, 0.4) is 0 Å². The number of rotatable bonds is 9. The molecule has 1 aromatic rings. The van der Waals surface area contributed by atoms with Crippen LogP contribution in [0.2, 0.25) is 0 Å². The third-order valence-electron chi connectivity index (χ3n) is 3.15. The quantitative estimate of drug-likeness (QED) is 0.718. The lowest BCUT2D eigenvalue weighted by Gasteiger charge is -2.18. The van der Waals surface area contributed by atoms with E-state index >= 15 is 0 Å². The molecule has 0 spiro atoms. The number of carbonyl (C=O) groups excluding carboxylic acids is 1. The molecule has 5 heteroatoms. The van der Waals surface area contributed by atoms with Crippen molar-refractivity contribution in [1.29, 1.82) is 0 Å². The highest BCUT2D eigenvalue weighted by Crippen LogP contribution is 2.17. The van der Waals surface area contributed by atoms with Gasteiger partial charge >= 0.3 is 0 Å². The molecule has 2 N–H and O–H groups in total. The van der Waals surface area contributed by atoms with Crippen LogP contribution in [0.25, 0.3) is 0 Å². The average Bonchev–Trinajstić information content (AvgIpc) is 2.90. The van der Waals surface area contributed by atoms with E-state index in [1.54, 1.807) is 12.5 Å². The molecule has 0 aliphatic heterocycles. The highest BCUT2D eigenvalue weighted by Gasteiger charge is 2.15. The molecule has 2 unspecified atom stereocenters. The van der Waals surface area contributed by atoms with Crippen LogP contribution in [0.5, 0.6) is 0 Å². The van der Waals surface area contributed by atoms with Gasteiger partial charge in [0.05, 0.1) is 12.4 Å². The number of aliphatic hydroxyl groups excluding tert-OH is 1. The van der Waals surface area contributed by atoms with Crippen LogP contribution in [0, 0.1) is 0 Å². The molecule has 2 atom stereocenters. The molecule has 0 radical (unpaired) electrons. The summed E-state index contributed by atoms with van der Waals surface area (Å²) in [7, 11) is 0. The van der Waals surface area contributed by atoms with Crippen LogP contribution in [0.4, 0.5) is 0 Å². The standard InChI is InChI=1S/C14H25N3O2/c1-3-5-12(17-8-7-15-11-17)9-14(19)16-10-13(18)6-4-2/h7-8,11-13,18H,3-6,9-10H2,1-2H3,(H,16,19). The molecule has 108 valence electrons. The number of imidazole rings is 1. The van der Waals surface area contributed by atoms with Gasteiger partial charge < -0.3 is 15.0 Å². The van der Waals surface area contributed by atoms with Crippen LogP contribution in [0.15, 0.2) is 18.7 Å². The van der Waals surface area contributed by atoms with Crippen molar-refractivity contribution in [2.45, 2.75) is 58.1 Å². The third kappa shape index (κ3) is 5.87. The Morgan fingerprint density at radius 1 is 1.37 bits per heavy atom. The van der Waals surface area contributed by atoms with E-state index in [-0.39, 0.29) is 11.9 Å². The number of amides is 1. The molecule has 0 saturated carbocycles. The van der Waals surface area contributed by atoms with Gasteiger partial charge in [-0.25, -0.2) is 4.98 Å². The van der Waals surface area contributed by atoms with Gasteiger partial charge in [0.1, 0.15) is 0 Å². The predicted molar refractivity (Wildman–Crippen MR) is 74.7 cm³/mol. The number of aliphatic hydroxyl groups is 1. The van der Waals surface area contributed by atoms with E-state index in [0.29, 0.717) is 13.0 Å². The number of aromatic nitrogens is 2. The Hall–Kier alpha value is -1.36. The second-order valence-electron chi connectivity index (χ2n) is 4.90. The SMILES string of the molecule is CCCC(O)CNC(=O)CC(CCC)n1ccnc1. The zero-order valence-corrected chi connectivity index (χ0v) is 11.9. The summed E-state index contributed by atoms with van der Waals surface area (Å²) in [6.45, 7) is 4.46. The minimum absolute atomic E-state index is 0.0118. The van der Waals surface area contributed by atoms with Gasteiger partial charge in [0.15, 0.2) is 0 Å². The maximum Gasteiger partial charge on any atom is 0.222 e. The lowest BCUT2D eigenvalue weighted by atomic mass is 10.1. The second-order valence-corrected chi connectivity index (χ2v) is 4.90. The van der Waals surface area contributed by atoms with Gasteiger partial charge in [0.2, 0.25) is 5.91 Å². The Morgan fingerprint density at radius 2 is 2.11 bits per heavy atom. The monoisotopic (exact) mass is 267 g/mol. The average molecular weight is 267 g/mol. The molecule has 1 heterocycles. The summed E-state index contributed by atoms with van der Waals surface area (Å²) in [6.07, 6.45) is 8.97. The molecule has 0 aliphatic carbocycles. The molecular weight excluding hydrogens is 242 g/mol. The fraction of sp³-hybridized carbons (Fsp3) is 0.714. The van der Waals surface area contributed by atoms with E-state index in [2.05, 4.69) is 17.2 Å².